The van der Waals surface area contributed by atoms with E-state index >= 15 is 0 Å². The first-order valence-electron chi connectivity index (χ1n) is 13.6. The quantitative estimate of drug-likeness (QED) is 0.256. The van der Waals surface area contributed by atoms with Gasteiger partial charge in [0, 0.05) is 31.9 Å². The minimum atomic E-state index is -1.22. The Labute approximate surface area is 239 Å². The molecule has 1 heterocycles. The molecule has 0 atom stereocenters. The molecule has 4 aromatic carbocycles. The second-order valence-electron chi connectivity index (χ2n) is 10.5. The first-order valence-corrected chi connectivity index (χ1v) is 13.6. The maximum absolute atomic E-state index is 11.7. The van der Waals surface area contributed by atoms with Crippen molar-refractivity contribution in [3.05, 3.63) is 145 Å². The van der Waals surface area contributed by atoms with Gasteiger partial charge < -0.3 is 4.90 Å². The van der Waals surface area contributed by atoms with Gasteiger partial charge in [-0.2, -0.15) is 31.2 Å². The van der Waals surface area contributed by atoms with E-state index < -0.39 is 6.15 Å². The minimum absolute atomic E-state index is 0.0298. The molecule has 0 spiro atoms. The SMILES string of the molecule is Cc1cc(N(C)C)cc[n+]1C(=O)N(C)C.c1ccc([B-](c2ccccc2)(c2ccccc2)c2ccccc2)cc1. The summed E-state index contributed by atoms with van der Waals surface area (Å²) in [6.45, 7) is 1.92. The highest BCUT2D eigenvalue weighted by Gasteiger charge is 2.31. The van der Waals surface area contributed by atoms with Gasteiger partial charge in [-0.3, -0.25) is 0 Å². The summed E-state index contributed by atoms with van der Waals surface area (Å²) in [5.74, 6) is 0. The highest BCUT2D eigenvalue weighted by Crippen LogP contribution is 2.10. The second kappa shape index (κ2) is 12.9. The Hall–Kier alpha value is -4.64. The Morgan fingerprint density at radius 2 is 0.925 bits per heavy atom. The van der Waals surface area contributed by atoms with Crippen LogP contribution in [0.2, 0.25) is 0 Å². The average molecular weight is 528 g/mol. The molecule has 0 radical (unpaired) electrons. The molecule has 5 heteroatoms. The smallest absolute Gasteiger partial charge is 0.377 e. The number of hydrogen-bond donors (Lipinski definition) is 0. The minimum Gasteiger partial charge on any atom is -0.377 e. The number of aromatic nitrogens is 1. The summed E-state index contributed by atoms with van der Waals surface area (Å²) in [5, 5.41) is 0. The zero-order chi connectivity index (χ0) is 28.5. The molecule has 0 fully saturated rings. The van der Waals surface area contributed by atoms with Crippen molar-refractivity contribution in [1.82, 2.24) is 4.90 Å². The van der Waals surface area contributed by atoms with E-state index in [2.05, 4.69) is 121 Å². The summed E-state index contributed by atoms with van der Waals surface area (Å²) in [6, 6.07) is 47.4. The van der Waals surface area contributed by atoms with Crippen LogP contribution in [0.4, 0.5) is 10.5 Å². The van der Waals surface area contributed by atoms with E-state index in [4.69, 9.17) is 0 Å². The average Bonchev–Trinajstić information content (AvgIpc) is 3.00. The lowest BCUT2D eigenvalue weighted by molar-refractivity contribution is -0.584. The van der Waals surface area contributed by atoms with E-state index in [1.165, 1.54) is 21.9 Å². The Morgan fingerprint density at radius 3 is 1.20 bits per heavy atom. The molecule has 0 aliphatic rings. The van der Waals surface area contributed by atoms with E-state index in [1.54, 1.807) is 29.8 Å². The number of carbonyl (C=O) groups excluding carboxylic acids is 1. The zero-order valence-electron chi connectivity index (χ0n) is 24.1. The molecule has 0 N–H and O–H groups in total. The molecule has 0 aliphatic heterocycles. The number of amides is 1. The first-order chi connectivity index (χ1) is 19.4. The summed E-state index contributed by atoms with van der Waals surface area (Å²) in [4.78, 5) is 15.3. The predicted molar refractivity (Wildman–Crippen MR) is 170 cm³/mol. The largest absolute Gasteiger partial charge is 0.497 e. The molecule has 0 aliphatic carbocycles. The lowest BCUT2D eigenvalue weighted by Crippen LogP contribution is -2.74. The van der Waals surface area contributed by atoms with Gasteiger partial charge >= 0.3 is 6.03 Å². The van der Waals surface area contributed by atoms with Gasteiger partial charge in [0.2, 0.25) is 0 Å². The Morgan fingerprint density at radius 1 is 0.575 bits per heavy atom. The monoisotopic (exact) mass is 527 g/mol. The highest BCUT2D eigenvalue weighted by molar-refractivity contribution is 7.19. The van der Waals surface area contributed by atoms with Crippen molar-refractivity contribution in [3.63, 3.8) is 0 Å². The standard InChI is InChI=1S/C24H20B.C11H18N3O/c1-5-13-21(14-6-1)25(22-15-7-2-8-16-22,23-17-9-3-10-18-23)24-19-11-4-12-20-24;1-9-8-10(12(2)3)6-7-14(9)11(15)13(4)5/h1-20H;6-8H,1-5H3/q-1;+1. The number of hydrogen-bond acceptors (Lipinski definition) is 2. The van der Waals surface area contributed by atoms with E-state index in [0.29, 0.717) is 0 Å². The summed E-state index contributed by atoms with van der Waals surface area (Å²) in [7, 11) is 7.45. The Kier molecular flexibility index (Phi) is 9.18. The van der Waals surface area contributed by atoms with Crippen LogP contribution in [0.25, 0.3) is 0 Å². The van der Waals surface area contributed by atoms with Crippen LogP contribution in [0.5, 0.6) is 0 Å². The molecule has 0 saturated heterocycles. The fourth-order valence-corrected chi connectivity index (χ4v) is 5.43. The van der Waals surface area contributed by atoms with Crippen LogP contribution in [-0.2, 0) is 0 Å². The highest BCUT2D eigenvalue weighted by atomic mass is 16.2. The third-order valence-electron chi connectivity index (χ3n) is 7.43. The fraction of sp³-hybridized carbons (Fsp3) is 0.143. The molecule has 5 rings (SSSR count). The molecule has 202 valence electrons. The van der Waals surface area contributed by atoms with Crippen molar-refractivity contribution in [2.75, 3.05) is 33.1 Å². The number of carbonyl (C=O) groups is 1. The topological polar surface area (TPSA) is 27.4 Å². The van der Waals surface area contributed by atoms with Crippen LogP contribution < -0.4 is 31.3 Å². The molecule has 1 aromatic heterocycles. The first kappa shape index (κ1) is 28.4. The van der Waals surface area contributed by atoms with Gasteiger partial charge in [-0.25, -0.2) is 4.90 Å². The molecule has 0 unspecified atom stereocenters. The third-order valence-corrected chi connectivity index (χ3v) is 7.43. The van der Waals surface area contributed by atoms with E-state index in [-0.39, 0.29) is 6.03 Å². The molecule has 0 saturated carbocycles. The van der Waals surface area contributed by atoms with Crippen LogP contribution in [0.15, 0.2) is 140 Å². The van der Waals surface area contributed by atoms with Crippen LogP contribution in [0.1, 0.15) is 5.69 Å². The van der Waals surface area contributed by atoms with Crippen LogP contribution >= 0.6 is 0 Å². The fourth-order valence-electron chi connectivity index (χ4n) is 5.43. The van der Waals surface area contributed by atoms with Crippen molar-refractivity contribution in [2.24, 2.45) is 0 Å². The number of anilines is 1. The molecular weight excluding hydrogens is 489 g/mol. The lowest BCUT2D eigenvalue weighted by atomic mass is 9.13. The van der Waals surface area contributed by atoms with Crippen molar-refractivity contribution in [2.45, 2.75) is 6.92 Å². The summed E-state index contributed by atoms with van der Waals surface area (Å²) in [5.41, 5.74) is 7.38. The molecule has 5 aromatic rings. The molecule has 0 bridgehead atoms. The summed E-state index contributed by atoms with van der Waals surface area (Å²) < 4.78 is 1.63. The van der Waals surface area contributed by atoms with Gasteiger partial charge in [-0.05, 0) is 6.92 Å². The Balaban J connectivity index is 0.000000212. The molecular formula is C35H38BN3O. The van der Waals surface area contributed by atoms with Crippen molar-refractivity contribution >= 4 is 39.7 Å². The summed E-state index contributed by atoms with van der Waals surface area (Å²) in [6.07, 6.45) is 0.583. The second-order valence-corrected chi connectivity index (χ2v) is 10.5. The maximum Gasteiger partial charge on any atom is 0.497 e. The van der Waals surface area contributed by atoms with Crippen LogP contribution in [0, 0.1) is 6.92 Å². The van der Waals surface area contributed by atoms with E-state index in [0.717, 1.165) is 11.4 Å². The van der Waals surface area contributed by atoms with Gasteiger partial charge in [0.1, 0.15) is 18.0 Å². The van der Waals surface area contributed by atoms with Crippen LogP contribution in [0.3, 0.4) is 0 Å². The molecule has 1 amide bonds. The Bertz CT molecular complexity index is 1340. The van der Waals surface area contributed by atoms with Crippen LogP contribution in [-0.4, -0.2) is 45.3 Å². The van der Waals surface area contributed by atoms with Gasteiger partial charge in [-0.1, -0.05) is 121 Å². The number of aryl methyl sites for hydroxylation is 1. The zero-order valence-corrected chi connectivity index (χ0v) is 24.1. The van der Waals surface area contributed by atoms with Gasteiger partial charge in [-0.15, -0.1) is 0 Å². The number of benzene rings is 4. The predicted octanol–water partition coefficient (Wildman–Crippen LogP) is 3.94. The molecule has 40 heavy (non-hydrogen) atoms. The lowest BCUT2D eigenvalue weighted by Gasteiger charge is -2.44. The van der Waals surface area contributed by atoms with Gasteiger partial charge in [0.15, 0.2) is 0 Å². The number of pyridine rings is 1. The normalized spacial score (nSPS) is 10.7. The van der Waals surface area contributed by atoms with Crippen molar-refractivity contribution < 1.29 is 9.36 Å². The van der Waals surface area contributed by atoms with Crippen molar-refractivity contribution in [3.8, 4) is 0 Å². The number of rotatable bonds is 5. The van der Waals surface area contributed by atoms with Gasteiger partial charge in [0.25, 0.3) is 0 Å². The molecule has 4 nitrogen and oxygen atoms in total. The number of nitrogens with zero attached hydrogens (tertiary/aromatic N) is 3. The van der Waals surface area contributed by atoms with E-state index in [1.807, 2.05) is 38.1 Å². The maximum atomic E-state index is 11.7. The van der Waals surface area contributed by atoms with Gasteiger partial charge in [0.05, 0.1) is 14.1 Å². The van der Waals surface area contributed by atoms with Crippen molar-refractivity contribution in [1.29, 1.82) is 0 Å². The van der Waals surface area contributed by atoms with E-state index in [9.17, 15) is 4.79 Å². The summed E-state index contributed by atoms with van der Waals surface area (Å²) >= 11 is 0. The third kappa shape index (κ3) is 5.99.